The summed E-state index contributed by atoms with van der Waals surface area (Å²) < 4.78 is 13.3. The highest BCUT2D eigenvalue weighted by Crippen LogP contribution is 2.22. The zero-order valence-electron chi connectivity index (χ0n) is 9.21. The Morgan fingerprint density at radius 1 is 1.20 bits per heavy atom. The van der Waals surface area contributed by atoms with Crippen molar-refractivity contribution in [2.45, 2.75) is 20.8 Å². The van der Waals surface area contributed by atoms with Gasteiger partial charge >= 0.3 is 0 Å². The van der Waals surface area contributed by atoms with Crippen molar-refractivity contribution in [3.05, 3.63) is 41.8 Å². The zero-order chi connectivity index (χ0) is 11.3. The number of hydrogen-bond acceptors (Lipinski definition) is 1. The molecule has 0 fully saturated rings. The summed E-state index contributed by atoms with van der Waals surface area (Å²) in [5.41, 5.74) is 2.26. The first-order valence-electron chi connectivity index (χ1n) is 5.04. The van der Waals surface area contributed by atoms with Crippen molar-refractivity contribution in [3.63, 3.8) is 0 Å². The molecule has 1 N–H and O–H groups in total. The Bertz CT molecular complexity index is 421. The van der Waals surface area contributed by atoms with E-state index >= 15 is 0 Å². The number of aryl methyl sites for hydroxylation is 1. The van der Waals surface area contributed by atoms with E-state index in [-0.39, 0.29) is 5.82 Å². The zero-order valence-corrected chi connectivity index (χ0v) is 9.21. The van der Waals surface area contributed by atoms with Crippen LogP contribution in [0.2, 0.25) is 0 Å². The minimum atomic E-state index is -0.227. The van der Waals surface area contributed by atoms with Crippen molar-refractivity contribution in [1.29, 1.82) is 0 Å². The molecule has 0 saturated heterocycles. The van der Waals surface area contributed by atoms with Crippen molar-refractivity contribution in [2.24, 2.45) is 0 Å². The molecule has 0 aliphatic heterocycles. The van der Waals surface area contributed by atoms with Crippen molar-refractivity contribution in [3.8, 4) is 11.3 Å². The Morgan fingerprint density at radius 3 is 2.40 bits per heavy atom. The number of aromatic amines is 1. The van der Waals surface area contributed by atoms with Gasteiger partial charge in [-0.25, -0.2) is 4.39 Å². The van der Waals surface area contributed by atoms with Gasteiger partial charge in [0.15, 0.2) is 0 Å². The Kier molecular flexibility index (Phi) is 4.03. The summed E-state index contributed by atoms with van der Waals surface area (Å²) in [5.74, 6) is -0.227. The molecule has 3 heteroatoms. The van der Waals surface area contributed by atoms with Crippen LogP contribution in [0.15, 0.2) is 30.5 Å². The number of nitrogens with zero attached hydrogens (tertiary/aromatic N) is 1. The van der Waals surface area contributed by atoms with Crippen LogP contribution in [0.1, 0.15) is 19.4 Å². The van der Waals surface area contributed by atoms with Gasteiger partial charge in [-0.05, 0) is 24.6 Å². The second-order valence-corrected chi connectivity index (χ2v) is 2.91. The fourth-order valence-electron chi connectivity index (χ4n) is 1.28. The second kappa shape index (κ2) is 5.29. The molecule has 15 heavy (non-hydrogen) atoms. The third-order valence-corrected chi connectivity index (χ3v) is 1.97. The van der Waals surface area contributed by atoms with Crippen LogP contribution in [-0.4, -0.2) is 10.2 Å². The van der Waals surface area contributed by atoms with Gasteiger partial charge in [-0.1, -0.05) is 26.0 Å². The molecule has 0 amide bonds. The van der Waals surface area contributed by atoms with Crippen LogP contribution in [0.25, 0.3) is 11.3 Å². The normalized spacial score (nSPS) is 9.33. The van der Waals surface area contributed by atoms with Crippen LogP contribution in [-0.2, 0) is 0 Å². The smallest absolute Gasteiger partial charge is 0.132 e. The van der Waals surface area contributed by atoms with Gasteiger partial charge in [-0.15, -0.1) is 0 Å². The maximum atomic E-state index is 13.3. The third-order valence-electron chi connectivity index (χ3n) is 1.97. The van der Waals surface area contributed by atoms with Gasteiger partial charge in [-0.3, -0.25) is 5.10 Å². The number of benzene rings is 1. The van der Waals surface area contributed by atoms with E-state index in [4.69, 9.17) is 0 Å². The average Bonchev–Trinajstić information content (AvgIpc) is 2.68. The summed E-state index contributed by atoms with van der Waals surface area (Å²) >= 11 is 0. The quantitative estimate of drug-likeness (QED) is 0.759. The summed E-state index contributed by atoms with van der Waals surface area (Å²) in [6.45, 7) is 5.89. The maximum Gasteiger partial charge on any atom is 0.132 e. The summed E-state index contributed by atoms with van der Waals surface area (Å²) in [4.78, 5) is 0. The average molecular weight is 206 g/mol. The summed E-state index contributed by atoms with van der Waals surface area (Å²) in [6, 6.07) is 6.65. The van der Waals surface area contributed by atoms with Crippen molar-refractivity contribution < 1.29 is 4.39 Å². The van der Waals surface area contributed by atoms with Crippen LogP contribution in [0.4, 0.5) is 4.39 Å². The van der Waals surface area contributed by atoms with E-state index in [1.54, 1.807) is 24.4 Å². The third kappa shape index (κ3) is 2.43. The molecule has 0 saturated carbocycles. The fraction of sp³-hybridized carbons (Fsp3) is 0.250. The molecule has 0 atom stereocenters. The molecule has 2 rings (SSSR count). The fourth-order valence-corrected chi connectivity index (χ4v) is 1.28. The van der Waals surface area contributed by atoms with Gasteiger partial charge in [-0.2, -0.15) is 5.10 Å². The number of aromatic nitrogens is 2. The Hall–Kier alpha value is -1.64. The summed E-state index contributed by atoms with van der Waals surface area (Å²) in [6.07, 6.45) is 1.68. The van der Waals surface area contributed by atoms with Gasteiger partial charge < -0.3 is 0 Å². The van der Waals surface area contributed by atoms with E-state index in [0.717, 1.165) is 11.3 Å². The molecule has 0 unspecified atom stereocenters. The van der Waals surface area contributed by atoms with Crippen LogP contribution in [0.3, 0.4) is 0 Å². The lowest BCUT2D eigenvalue weighted by atomic mass is 10.1. The largest absolute Gasteiger partial charge is 0.277 e. The molecule has 1 aromatic carbocycles. The number of hydrogen-bond donors (Lipinski definition) is 1. The van der Waals surface area contributed by atoms with E-state index in [1.165, 1.54) is 6.07 Å². The first-order chi connectivity index (χ1) is 7.29. The second-order valence-electron chi connectivity index (χ2n) is 2.91. The highest BCUT2D eigenvalue weighted by molar-refractivity contribution is 5.62. The van der Waals surface area contributed by atoms with Gasteiger partial charge in [0, 0.05) is 5.56 Å². The summed E-state index contributed by atoms with van der Waals surface area (Å²) in [7, 11) is 0. The van der Waals surface area contributed by atoms with Gasteiger partial charge in [0.1, 0.15) is 5.82 Å². The number of rotatable bonds is 1. The molecule has 0 spiro atoms. The standard InChI is InChI=1S/C10H9FN2.C2H6/c1-7-6-12-13-10(7)8-4-2-3-5-9(8)11;1-2/h2-6H,1H3,(H,12,13);1-2H3. The lowest BCUT2D eigenvalue weighted by Gasteiger charge is -2.00. The van der Waals surface area contributed by atoms with Crippen LogP contribution in [0.5, 0.6) is 0 Å². The van der Waals surface area contributed by atoms with E-state index in [2.05, 4.69) is 10.2 Å². The lowest BCUT2D eigenvalue weighted by molar-refractivity contribution is 0.630. The molecule has 0 aliphatic rings. The number of nitrogens with one attached hydrogen (secondary N) is 1. The topological polar surface area (TPSA) is 28.7 Å². The van der Waals surface area contributed by atoms with Crippen LogP contribution < -0.4 is 0 Å². The number of halogens is 1. The van der Waals surface area contributed by atoms with Gasteiger partial charge in [0.2, 0.25) is 0 Å². The van der Waals surface area contributed by atoms with Crippen molar-refractivity contribution in [2.75, 3.05) is 0 Å². The minimum Gasteiger partial charge on any atom is -0.277 e. The van der Waals surface area contributed by atoms with Crippen LogP contribution >= 0.6 is 0 Å². The lowest BCUT2D eigenvalue weighted by Crippen LogP contribution is -1.85. The first kappa shape index (κ1) is 11.4. The van der Waals surface area contributed by atoms with Crippen molar-refractivity contribution >= 4 is 0 Å². The molecule has 1 heterocycles. The van der Waals surface area contributed by atoms with E-state index < -0.39 is 0 Å². The van der Waals surface area contributed by atoms with Crippen molar-refractivity contribution in [1.82, 2.24) is 10.2 Å². The molecule has 0 aliphatic carbocycles. The first-order valence-corrected chi connectivity index (χ1v) is 5.04. The molecule has 1 aromatic heterocycles. The monoisotopic (exact) mass is 206 g/mol. The minimum absolute atomic E-state index is 0.227. The molecule has 80 valence electrons. The Morgan fingerprint density at radius 2 is 1.87 bits per heavy atom. The molecule has 0 radical (unpaired) electrons. The molecule has 2 nitrogen and oxygen atoms in total. The molecular formula is C12H15FN2. The maximum absolute atomic E-state index is 13.3. The van der Waals surface area contributed by atoms with Gasteiger partial charge in [0.05, 0.1) is 11.9 Å². The van der Waals surface area contributed by atoms with E-state index in [9.17, 15) is 4.39 Å². The van der Waals surface area contributed by atoms with Crippen LogP contribution in [0, 0.1) is 12.7 Å². The molecule has 2 aromatic rings. The predicted molar refractivity (Wildman–Crippen MR) is 60.1 cm³/mol. The predicted octanol–water partition coefficient (Wildman–Crippen LogP) is 3.55. The number of H-pyrrole nitrogens is 1. The van der Waals surface area contributed by atoms with E-state index in [0.29, 0.717) is 5.56 Å². The SMILES string of the molecule is CC.Cc1cn[nH]c1-c1ccccc1F. The van der Waals surface area contributed by atoms with Gasteiger partial charge in [0.25, 0.3) is 0 Å². The van der Waals surface area contributed by atoms with E-state index in [1.807, 2.05) is 20.8 Å². The molecule has 0 bridgehead atoms. The Balaban J connectivity index is 0.000000531. The Labute approximate surface area is 89.2 Å². The highest BCUT2D eigenvalue weighted by Gasteiger charge is 2.07. The highest BCUT2D eigenvalue weighted by atomic mass is 19.1. The summed E-state index contributed by atoms with van der Waals surface area (Å²) in [5, 5.41) is 6.62. The molecular weight excluding hydrogens is 191 g/mol.